The van der Waals surface area contributed by atoms with Crippen molar-refractivity contribution in [3.05, 3.63) is 29.8 Å². The fourth-order valence-corrected chi connectivity index (χ4v) is 1.68. The van der Waals surface area contributed by atoms with Crippen LogP contribution in [0.1, 0.15) is 5.56 Å². The molecule has 10 heteroatoms. The van der Waals surface area contributed by atoms with Crippen LogP contribution in [-0.2, 0) is 9.59 Å². The second kappa shape index (κ2) is 5.52. The number of aliphatic hydroxyl groups is 1. The molecule has 0 atom stereocenters. The van der Waals surface area contributed by atoms with Gasteiger partial charge in [0.25, 0.3) is 5.91 Å². The van der Waals surface area contributed by atoms with Crippen molar-refractivity contribution in [1.82, 2.24) is 0 Å². The van der Waals surface area contributed by atoms with Crippen LogP contribution in [0.2, 0.25) is 0 Å². The number of carbonyl (C=O) groups excluding carboxylic acids is 2. The second-order valence-electron chi connectivity index (χ2n) is 4.51. The van der Waals surface area contributed by atoms with Gasteiger partial charge < -0.3 is 15.2 Å². The molecule has 0 radical (unpaired) electrons. The normalized spacial score (nSPS) is 15.5. The molecule has 1 aliphatic rings. The molecule has 23 heavy (non-hydrogen) atoms. The number of benzene rings is 1. The number of allylic oxidation sites excluding steroid dienone is 1. The number of nitrogens with one attached hydrogen (secondary N) is 1. The summed E-state index contributed by atoms with van der Waals surface area (Å²) in [6.07, 6.45) is -6.29. The smallest absolute Gasteiger partial charge is 0.461 e. The lowest BCUT2D eigenvalue weighted by Gasteiger charge is -2.18. The standard InChI is InChI=1S/C13H8F5NO4/c14-12(15,13(16,17)18)10(21)4-8(20)6-1-2-9-7(3-6)19-11(22)5-23-9/h1-4,20H,5H2,(H,19,22). The molecule has 1 heterocycles. The highest BCUT2D eigenvalue weighted by molar-refractivity contribution is 6.01. The van der Waals surface area contributed by atoms with Gasteiger partial charge in [0.15, 0.2) is 6.61 Å². The Morgan fingerprint density at radius 3 is 2.52 bits per heavy atom. The van der Waals surface area contributed by atoms with Gasteiger partial charge in [-0.2, -0.15) is 22.0 Å². The molecule has 0 saturated heterocycles. The van der Waals surface area contributed by atoms with Gasteiger partial charge in [-0.05, 0) is 18.2 Å². The maximum absolute atomic E-state index is 12.8. The molecule has 1 amide bonds. The number of rotatable bonds is 3. The number of fused-ring (bicyclic) bond motifs is 1. The SMILES string of the molecule is O=C1COc2ccc(C(O)=CC(=O)C(F)(F)C(F)(F)F)cc2N1. The quantitative estimate of drug-likeness (QED) is 0.505. The first-order valence-electron chi connectivity index (χ1n) is 5.99. The number of amides is 1. The van der Waals surface area contributed by atoms with Gasteiger partial charge in [-0.25, -0.2) is 0 Å². The number of halogens is 5. The van der Waals surface area contributed by atoms with E-state index >= 15 is 0 Å². The Morgan fingerprint density at radius 2 is 1.91 bits per heavy atom. The van der Waals surface area contributed by atoms with E-state index in [2.05, 4.69) is 5.32 Å². The largest absolute Gasteiger partial charge is 0.507 e. The van der Waals surface area contributed by atoms with Gasteiger partial charge in [0.2, 0.25) is 5.78 Å². The molecule has 1 aliphatic heterocycles. The number of alkyl halides is 5. The topological polar surface area (TPSA) is 75.6 Å². The molecule has 5 nitrogen and oxygen atoms in total. The molecule has 2 rings (SSSR count). The van der Waals surface area contributed by atoms with Gasteiger partial charge in [0, 0.05) is 11.6 Å². The van der Waals surface area contributed by atoms with Crippen molar-refractivity contribution >= 4 is 23.1 Å². The summed E-state index contributed by atoms with van der Waals surface area (Å²) in [7, 11) is 0. The summed E-state index contributed by atoms with van der Waals surface area (Å²) in [5.41, 5.74) is -0.172. The lowest BCUT2D eigenvalue weighted by molar-refractivity contribution is -0.266. The van der Waals surface area contributed by atoms with Crippen LogP contribution in [0.3, 0.4) is 0 Å². The van der Waals surface area contributed by atoms with Gasteiger partial charge in [0.1, 0.15) is 11.5 Å². The minimum atomic E-state index is -6.07. The van der Waals surface area contributed by atoms with E-state index in [1.54, 1.807) is 0 Å². The fraction of sp³-hybridized carbons (Fsp3) is 0.231. The molecule has 0 saturated carbocycles. The summed E-state index contributed by atoms with van der Waals surface area (Å²) in [6, 6.07) is 3.44. The Hall–Kier alpha value is -2.65. The molecule has 1 aromatic carbocycles. The van der Waals surface area contributed by atoms with Crippen LogP contribution in [0.25, 0.3) is 5.76 Å². The second-order valence-corrected chi connectivity index (χ2v) is 4.51. The Kier molecular flexibility index (Phi) is 4.01. The van der Waals surface area contributed by atoms with E-state index in [1.807, 2.05) is 0 Å². The highest BCUT2D eigenvalue weighted by atomic mass is 19.4. The molecule has 124 valence electrons. The molecule has 0 aromatic heterocycles. The molecule has 1 aromatic rings. The van der Waals surface area contributed by atoms with E-state index in [-0.39, 0.29) is 29.7 Å². The number of ether oxygens (including phenoxy) is 1. The number of carbonyl (C=O) groups is 2. The zero-order chi connectivity index (χ0) is 17.4. The van der Waals surface area contributed by atoms with E-state index in [0.29, 0.717) is 0 Å². The number of hydrogen-bond donors (Lipinski definition) is 2. The van der Waals surface area contributed by atoms with E-state index in [4.69, 9.17) is 4.74 Å². The molecular formula is C13H8F5NO4. The first kappa shape index (κ1) is 16.7. The first-order chi connectivity index (χ1) is 10.5. The van der Waals surface area contributed by atoms with E-state index < -0.39 is 29.5 Å². The van der Waals surface area contributed by atoms with Crippen molar-refractivity contribution in [3.8, 4) is 5.75 Å². The molecular weight excluding hydrogens is 329 g/mol. The third kappa shape index (κ3) is 3.25. The third-order valence-electron chi connectivity index (χ3n) is 2.84. The Labute approximate surface area is 125 Å². The summed E-state index contributed by atoms with van der Waals surface area (Å²) in [5, 5.41) is 11.9. The Bertz CT molecular complexity index is 696. The van der Waals surface area contributed by atoms with E-state index in [9.17, 15) is 36.6 Å². The van der Waals surface area contributed by atoms with Crippen molar-refractivity contribution in [2.75, 3.05) is 11.9 Å². The van der Waals surface area contributed by atoms with Gasteiger partial charge in [-0.3, -0.25) is 9.59 Å². The fourth-order valence-electron chi connectivity index (χ4n) is 1.68. The van der Waals surface area contributed by atoms with Crippen molar-refractivity contribution in [2.24, 2.45) is 0 Å². The van der Waals surface area contributed by atoms with Crippen molar-refractivity contribution in [1.29, 1.82) is 0 Å². The maximum Gasteiger partial charge on any atom is 0.461 e. The van der Waals surface area contributed by atoms with E-state index in [0.717, 1.165) is 12.1 Å². The van der Waals surface area contributed by atoms with Crippen molar-refractivity contribution in [2.45, 2.75) is 12.1 Å². The minimum absolute atomic E-state index is 0.0775. The number of anilines is 1. The van der Waals surface area contributed by atoms with Crippen LogP contribution in [0.15, 0.2) is 24.3 Å². The molecule has 0 spiro atoms. The summed E-state index contributed by atoms with van der Waals surface area (Å²) >= 11 is 0. The van der Waals surface area contributed by atoms with Crippen LogP contribution in [0, 0.1) is 0 Å². The van der Waals surface area contributed by atoms with Gasteiger partial charge in [0.05, 0.1) is 5.69 Å². The predicted octanol–water partition coefficient (Wildman–Crippen LogP) is 2.68. The lowest BCUT2D eigenvalue weighted by atomic mass is 10.1. The summed E-state index contributed by atoms with van der Waals surface area (Å²) in [6.45, 7) is -0.246. The predicted molar refractivity (Wildman–Crippen MR) is 67.2 cm³/mol. The van der Waals surface area contributed by atoms with Gasteiger partial charge >= 0.3 is 12.1 Å². The summed E-state index contributed by atoms with van der Waals surface area (Å²) in [5.74, 6) is -9.64. The maximum atomic E-state index is 12.8. The minimum Gasteiger partial charge on any atom is -0.507 e. The number of ketones is 1. The average molecular weight is 337 g/mol. The van der Waals surface area contributed by atoms with Crippen molar-refractivity contribution in [3.63, 3.8) is 0 Å². The molecule has 0 unspecified atom stereocenters. The summed E-state index contributed by atoms with van der Waals surface area (Å²) < 4.78 is 66.8. The van der Waals surface area contributed by atoms with Gasteiger partial charge in [-0.15, -0.1) is 0 Å². The van der Waals surface area contributed by atoms with Crippen LogP contribution in [0.5, 0.6) is 5.75 Å². The molecule has 0 fully saturated rings. The third-order valence-corrected chi connectivity index (χ3v) is 2.84. The zero-order valence-corrected chi connectivity index (χ0v) is 11.1. The van der Waals surface area contributed by atoms with Gasteiger partial charge in [-0.1, -0.05) is 0 Å². The lowest BCUT2D eigenvalue weighted by Crippen LogP contribution is -2.43. The Morgan fingerprint density at radius 1 is 1.26 bits per heavy atom. The van der Waals surface area contributed by atoms with Crippen LogP contribution >= 0.6 is 0 Å². The van der Waals surface area contributed by atoms with E-state index in [1.165, 1.54) is 6.07 Å². The van der Waals surface area contributed by atoms with Crippen LogP contribution in [-0.4, -0.2) is 35.5 Å². The van der Waals surface area contributed by atoms with Crippen molar-refractivity contribution < 1.29 is 41.4 Å². The van der Waals surface area contributed by atoms with Crippen LogP contribution < -0.4 is 10.1 Å². The Balaban J connectivity index is 2.30. The molecule has 0 bridgehead atoms. The summed E-state index contributed by atoms with van der Waals surface area (Å²) in [4.78, 5) is 22.2. The molecule has 0 aliphatic carbocycles. The molecule has 2 N–H and O–H groups in total. The number of aliphatic hydroxyl groups excluding tert-OH is 1. The monoisotopic (exact) mass is 337 g/mol. The van der Waals surface area contributed by atoms with Crippen LogP contribution in [0.4, 0.5) is 27.6 Å². The zero-order valence-electron chi connectivity index (χ0n) is 11.1. The number of hydrogen-bond acceptors (Lipinski definition) is 4. The highest BCUT2D eigenvalue weighted by Crippen LogP contribution is 2.37. The average Bonchev–Trinajstić information content (AvgIpc) is 2.44. The first-order valence-corrected chi connectivity index (χ1v) is 5.99. The highest BCUT2D eigenvalue weighted by Gasteiger charge is 2.62.